The zero-order valence-electron chi connectivity index (χ0n) is 9.55. The van der Waals surface area contributed by atoms with Crippen LogP contribution in [0.2, 0.25) is 0 Å². The van der Waals surface area contributed by atoms with Crippen molar-refractivity contribution in [1.29, 1.82) is 0 Å². The van der Waals surface area contributed by atoms with Crippen LogP contribution in [-0.2, 0) is 11.2 Å². The number of H-pyrrole nitrogens is 1. The molecule has 3 N–H and O–H groups in total. The second-order valence-corrected chi connectivity index (χ2v) is 4.25. The molecule has 0 atom stereocenters. The highest BCUT2D eigenvalue weighted by atomic mass is 16.2. The minimum absolute atomic E-state index is 0.0143. The van der Waals surface area contributed by atoms with Crippen LogP contribution in [0, 0.1) is 5.92 Å². The summed E-state index contributed by atoms with van der Waals surface area (Å²) in [4.78, 5) is 11.6. The van der Waals surface area contributed by atoms with Gasteiger partial charge >= 0.3 is 0 Å². The van der Waals surface area contributed by atoms with Crippen LogP contribution in [0.15, 0.2) is 6.20 Å². The van der Waals surface area contributed by atoms with Crippen molar-refractivity contribution >= 4 is 11.7 Å². The Morgan fingerprint density at radius 3 is 3.12 bits per heavy atom. The Kier molecular flexibility index (Phi) is 3.56. The number of aromatic nitrogens is 2. The number of nitrogens with zero attached hydrogens (tertiary/aromatic N) is 1. The number of aromatic amines is 1. The van der Waals surface area contributed by atoms with Gasteiger partial charge in [-0.15, -0.1) is 0 Å². The number of hydrogen-bond donors (Lipinski definition) is 3. The minimum atomic E-state index is -0.0143. The van der Waals surface area contributed by atoms with E-state index in [1.165, 1.54) is 12.8 Å². The zero-order valence-corrected chi connectivity index (χ0v) is 9.55. The van der Waals surface area contributed by atoms with Crippen molar-refractivity contribution in [3.63, 3.8) is 0 Å². The zero-order chi connectivity index (χ0) is 11.4. The molecule has 0 bridgehead atoms. The van der Waals surface area contributed by atoms with Gasteiger partial charge in [-0.1, -0.05) is 6.92 Å². The molecule has 0 radical (unpaired) electrons. The third-order valence-electron chi connectivity index (χ3n) is 2.78. The number of hydrogen-bond acceptors (Lipinski definition) is 3. The summed E-state index contributed by atoms with van der Waals surface area (Å²) in [6, 6.07) is 0. The molecule has 1 aliphatic rings. The molecule has 1 fully saturated rings. The topological polar surface area (TPSA) is 69.8 Å². The number of nitrogens with one attached hydrogen (secondary N) is 3. The first-order valence-corrected chi connectivity index (χ1v) is 5.82. The van der Waals surface area contributed by atoms with Gasteiger partial charge in [-0.2, -0.15) is 5.10 Å². The number of anilines is 1. The first kappa shape index (κ1) is 11.1. The first-order chi connectivity index (χ1) is 7.79. The normalized spacial score (nSPS) is 15.1. The third-order valence-corrected chi connectivity index (χ3v) is 2.78. The molecule has 1 heterocycles. The average molecular weight is 222 g/mol. The van der Waals surface area contributed by atoms with Gasteiger partial charge in [-0.25, -0.2) is 0 Å². The molecule has 0 aromatic carbocycles. The summed E-state index contributed by atoms with van der Waals surface area (Å²) in [5.74, 6) is 1.51. The van der Waals surface area contributed by atoms with Crippen molar-refractivity contribution in [3.05, 3.63) is 11.8 Å². The van der Waals surface area contributed by atoms with E-state index in [9.17, 15) is 4.79 Å². The van der Waals surface area contributed by atoms with Crippen LogP contribution in [0.1, 0.15) is 25.3 Å². The Morgan fingerprint density at radius 1 is 1.62 bits per heavy atom. The molecule has 1 amide bonds. The second kappa shape index (κ2) is 5.12. The molecule has 1 saturated carbocycles. The molecular formula is C11H18N4O. The van der Waals surface area contributed by atoms with Gasteiger partial charge < -0.3 is 10.6 Å². The molecule has 0 spiro atoms. The quantitative estimate of drug-likeness (QED) is 0.670. The Hall–Kier alpha value is -1.36. The Bertz CT molecular complexity index is 357. The maximum Gasteiger partial charge on any atom is 0.239 e. The molecular weight excluding hydrogens is 204 g/mol. The number of rotatable bonds is 6. The number of amides is 1. The van der Waals surface area contributed by atoms with E-state index in [1.54, 1.807) is 6.20 Å². The molecule has 0 unspecified atom stereocenters. The first-order valence-electron chi connectivity index (χ1n) is 5.82. The van der Waals surface area contributed by atoms with Gasteiger partial charge in [-0.3, -0.25) is 9.89 Å². The highest BCUT2D eigenvalue weighted by Crippen LogP contribution is 2.27. The van der Waals surface area contributed by atoms with Crippen molar-refractivity contribution in [2.75, 3.05) is 18.4 Å². The molecule has 1 aromatic heterocycles. The van der Waals surface area contributed by atoms with Crippen molar-refractivity contribution in [2.24, 2.45) is 5.92 Å². The Morgan fingerprint density at radius 2 is 2.44 bits per heavy atom. The van der Waals surface area contributed by atoms with E-state index in [2.05, 4.69) is 20.8 Å². The van der Waals surface area contributed by atoms with E-state index in [-0.39, 0.29) is 5.91 Å². The van der Waals surface area contributed by atoms with E-state index in [4.69, 9.17) is 0 Å². The highest BCUT2D eigenvalue weighted by molar-refractivity contribution is 5.91. The van der Waals surface area contributed by atoms with Gasteiger partial charge in [0, 0.05) is 5.56 Å². The largest absolute Gasteiger partial charge is 0.310 e. The number of carbonyl (C=O) groups is 1. The van der Waals surface area contributed by atoms with Gasteiger partial charge in [0.15, 0.2) is 0 Å². The van der Waals surface area contributed by atoms with Crippen molar-refractivity contribution in [1.82, 2.24) is 15.5 Å². The van der Waals surface area contributed by atoms with E-state index in [0.29, 0.717) is 6.54 Å². The van der Waals surface area contributed by atoms with Gasteiger partial charge in [-0.05, 0) is 31.7 Å². The van der Waals surface area contributed by atoms with E-state index in [0.717, 1.165) is 30.3 Å². The van der Waals surface area contributed by atoms with E-state index >= 15 is 0 Å². The van der Waals surface area contributed by atoms with Crippen LogP contribution >= 0.6 is 0 Å². The van der Waals surface area contributed by atoms with E-state index in [1.807, 2.05) is 6.92 Å². The maximum atomic E-state index is 11.6. The van der Waals surface area contributed by atoms with Gasteiger partial charge in [0.2, 0.25) is 5.91 Å². The minimum Gasteiger partial charge on any atom is -0.310 e. The number of carbonyl (C=O) groups excluding carboxylic acids is 1. The SMILES string of the molecule is CCc1cn[nH]c1NC(=O)CNCC1CC1. The van der Waals surface area contributed by atoms with Crippen LogP contribution in [0.4, 0.5) is 5.82 Å². The van der Waals surface area contributed by atoms with Crippen molar-refractivity contribution < 1.29 is 4.79 Å². The summed E-state index contributed by atoms with van der Waals surface area (Å²) in [6.45, 7) is 3.36. The van der Waals surface area contributed by atoms with Crippen LogP contribution < -0.4 is 10.6 Å². The summed E-state index contributed by atoms with van der Waals surface area (Å²) < 4.78 is 0. The van der Waals surface area contributed by atoms with Gasteiger partial charge in [0.05, 0.1) is 12.7 Å². The summed E-state index contributed by atoms with van der Waals surface area (Å²) in [6.07, 6.45) is 5.21. The molecule has 5 nitrogen and oxygen atoms in total. The maximum absolute atomic E-state index is 11.6. The van der Waals surface area contributed by atoms with Gasteiger partial charge in [0.1, 0.15) is 5.82 Å². The summed E-state index contributed by atoms with van der Waals surface area (Å²) in [5, 5.41) is 12.7. The van der Waals surface area contributed by atoms with Gasteiger partial charge in [0.25, 0.3) is 0 Å². The molecule has 16 heavy (non-hydrogen) atoms. The van der Waals surface area contributed by atoms with Crippen LogP contribution in [-0.4, -0.2) is 29.2 Å². The van der Waals surface area contributed by atoms with Crippen LogP contribution in [0.5, 0.6) is 0 Å². The predicted molar refractivity (Wildman–Crippen MR) is 62.2 cm³/mol. The lowest BCUT2D eigenvalue weighted by molar-refractivity contribution is -0.115. The predicted octanol–water partition coefficient (Wildman–Crippen LogP) is 0.910. The summed E-state index contributed by atoms with van der Waals surface area (Å²) >= 11 is 0. The third kappa shape index (κ3) is 3.06. The molecule has 88 valence electrons. The van der Waals surface area contributed by atoms with Crippen molar-refractivity contribution in [2.45, 2.75) is 26.2 Å². The molecule has 1 aromatic rings. The number of aryl methyl sites for hydroxylation is 1. The second-order valence-electron chi connectivity index (χ2n) is 4.25. The van der Waals surface area contributed by atoms with E-state index < -0.39 is 0 Å². The molecule has 0 aliphatic heterocycles. The smallest absolute Gasteiger partial charge is 0.239 e. The molecule has 0 saturated heterocycles. The standard InChI is InChI=1S/C11H18N4O/c1-2-9-6-13-15-11(9)14-10(16)7-12-5-8-3-4-8/h6,8,12H,2-5,7H2,1H3,(H2,13,14,15,16). The summed E-state index contributed by atoms with van der Waals surface area (Å²) in [5.41, 5.74) is 1.04. The highest BCUT2D eigenvalue weighted by Gasteiger charge is 2.20. The monoisotopic (exact) mass is 222 g/mol. The Balaban J connectivity index is 1.72. The van der Waals surface area contributed by atoms with Crippen molar-refractivity contribution in [3.8, 4) is 0 Å². The fourth-order valence-corrected chi connectivity index (χ4v) is 1.58. The molecule has 1 aliphatic carbocycles. The lowest BCUT2D eigenvalue weighted by Crippen LogP contribution is -2.29. The average Bonchev–Trinajstić information content (AvgIpc) is 2.98. The lowest BCUT2D eigenvalue weighted by atomic mass is 10.2. The summed E-state index contributed by atoms with van der Waals surface area (Å²) in [7, 11) is 0. The fraction of sp³-hybridized carbons (Fsp3) is 0.636. The molecule has 2 rings (SSSR count). The fourth-order valence-electron chi connectivity index (χ4n) is 1.58. The van der Waals surface area contributed by atoms with Crippen LogP contribution in [0.3, 0.4) is 0 Å². The molecule has 5 heteroatoms. The van der Waals surface area contributed by atoms with Crippen LogP contribution in [0.25, 0.3) is 0 Å². The Labute approximate surface area is 95.0 Å². The lowest BCUT2D eigenvalue weighted by Gasteiger charge is -2.05.